The van der Waals surface area contributed by atoms with Gasteiger partial charge in [-0.15, -0.1) is 0 Å². The molecule has 5 aromatic carbocycles. The van der Waals surface area contributed by atoms with Crippen LogP contribution in [0.3, 0.4) is 0 Å². The lowest BCUT2D eigenvalue weighted by Gasteiger charge is -2.21. The summed E-state index contributed by atoms with van der Waals surface area (Å²) in [7, 11) is -1.64. The van der Waals surface area contributed by atoms with E-state index in [4.69, 9.17) is 19.4 Å². The van der Waals surface area contributed by atoms with E-state index in [1.54, 1.807) is 0 Å². The molecule has 0 fully saturated rings. The molecular weight excluding hydrogens is 629 g/mol. The molecule has 1 aliphatic rings. The minimum Gasteiger partial charge on any atom is -0.456 e. The van der Waals surface area contributed by atoms with Crippen molar-refractivity contribution >= 4 is 35.2 Å². The highest BCUT2D eigenvalue weighted by atomic mass is 28.3. The van der Waals surface area contributed by atoms with Crippen LogP contribution in [0.1, 0.15) is 25.0 Å². The Kier molecular flexibility index (Phi) is 6.77. The minimum absolute atomic E-state index is 0.0329. The van der Waals surface area contributed by atoms with E-state index in [0.29, 0.717) is 17.5 Å². The van der Waals surface area contributed by atoms with Gasteiger partial charge in [0.15, 0.2) is 17.5 Å². The van der Waals surface area contributed by atoms with Gasteiger partial charge in [0.25, 0.3) is 0 Å². The fourth-order valence-electron chi connectivity index (χ4n) is 7.43. The zero-order valence-electron chi connectivity index (χ0n) is 28.8. The van der Waals surface area contributed by atoms with Crippen LogP contribution in [0.15, 0.2) is 132 Å². The molecule has 6 heteroatoms. The van der Waals surface area contributed by atoms with Crippen LogP contribution in [-0.2, 0) is 5.41 Å². The Bertz CT molecular complexity index is 2630. The SMILES string of the molecule is CC1(C)c2ccccc2-c2cc(-c3cccc(-c4nc(-c5cncc([Si](C)(C)C)c5)nc(-c5cccc6oc7ccccc7c56)n4)c3)ccc21. The van der Waals surface area contributed by atoms with Gasteiger partial charge in [0.2, 0.25) is 0 Å². The first kappa shape index (κ1) is 30.3. The van der Waals surface area contributed by atoms with Gasteiger partial charge in [-0.1, -0.05) is 118 Å². The third-order valence-electron chi connectivity index (χ3n) is 10.2. The topological polar surface area (TPSA) is 64.7 Å². The summed E-state index contributed by atoms with van der Waals surface area (Å²) in [5.41, 5.74) is 11.9. The summed E-state index contributed by atoms with van der Waals surface area (Å²) in [5, 5.41) is 3.28. The molecule has 3 aromatic heterocycles. The average molecular weight is 665 g/mol. The number of para-hydroxylation sites is 1. The molecule has 0 bridgehead atoms. The molecule has 0 atom stereocenters. The van der Waals surface area contributed by atoms with Crippen LogP contribution in [0.4, 0.5) is 0 Å². The first-order chi connectivity index (χ1) is 24.1. The molecule has 5 nitrogen and oxygen atoms in total. The van der Waals surface area contributed by atoms with E-state index in [0.717, 1.165) is 49.8 Å². The van der Waals surface area contributed by atoms with Crippen LogP contribution in [0.25, 0.3) is 78.4 Å². The molecule has 0 radical (unpaired) electrons. The summed E-state index contributed by atoms with van der Waals surface area (Å²) in [5.74, 6) is 1.81. The number of nitrogens with zero attached hydrogens (tertiary/aromatic N) is 4. The van der Waals surface area contributed by atoms with Crippen molar-refractivity contribution < 1.29 is 4.42 Å². The van der Waals surface area contributed by atoms with Crippen LogP contribution in [-0.4, -0.2) is 28.0 Å². The van der Waals surface area contributed by atoms with E-state index in [1.165, 1.54) is 27.4 Å². The Balaban J connectivity index is 1.22. The van der Waals surface area contributed by atoms with Gasteiger partial charge >= 0.3 is 0 Å². The highest BCUT2D eigenvalue weighted by molar-refractivity contribution is 6.88. The molecule has 3 heterocycles. The van der Waals surface area contributed by atoms with Crippen molar-refractivity contribution in [2.24, 2.45) is 0 Å². The van der Waals surface area contributed by atoms with E-state index in [2.05, 4.69) is 123 Å². The second-order valence-corrected chi connectivity index (χ2v) is 19.9. The summed E-state index contributed by atoms with van der Waals surface area (Å²) in [6, 6.07) is 40.6. The van der Waals surface area contributed by atoms with Crippen molar-refractivity contribution in [1.82, 2.24) is 19.9 Å². The molecule has 1 aliphatic carbocycles. The zero-order chi connectivity index (χ0) is 34.2. The highest BCUT2D eigenvalue weighted by Gasteiger charge is 2.35. The normalized spacial score (nSPS) is 13.5. The zero-order valence-corrected chi connectivity index (χ0v) is 29.8. The van der Waals surface area contributed by atoms with Crippen molar-refractivity contribution in [2.45, 2.75) is 38.9 Å². The monoisotopic (exact) mass is 664 g/mol. The molecule has 0 saturated carbocycles. The van der Waals surface area contributed by atoms with Gasteiger partial charge in [-0.2, -0.15) is 0 Å². The first-order valence-electron chi connectivity index (χ1n) is 17.1. The Morgan fingerprint density at radius 2 is 1.18 bits per heavy atom. The second kappa shape index (κ2) is 11.2. The fourth-order valence-corrected chi connectivity index (χ4v) is 8.48. The molecule has 0 N–H and O–H groups in total. The highest BCUT2D eigenvalue weighted by Crippen LogP contribution is 2.49. The molecule has 0 saturated heterocycles. The van der Waals surface area contributed by atoms with Crippen molar-refractivity contribution in [2.75, 3.05) is 0 Å². The third kappa shape index (κ3) is 4.90. The lowest BCUT2D eigenvalue weighted by Crippen LogP contribution is -2.37. The van der Waals surface area contributed by atoms with Crippen molar-refractivity contribution in [3.05, 3.63) is 139 Å². The van der Waals surface area contributed by atoms with Crippen molar-refractivity contribution in [1.29, 1.82) is 0 Å². The lowest BCUT2D eigenvalue weighted by molar-refractivity contribution is 0.660. The number of pyridine rings is 1. The summed E-state index contributed by atoms with van der Waals surface area (Å²) < 4.78 is 6.25. The Morgan fingerprint density at radius 3 is 2.04 bits per heavy atom. The summed E-state index contributed by atoms with van der Waals surface area (Å²) in [6.07, 6.45) is 3.84. The predicted molar refractivity (Wildman–Crippen MR) is 207 cm³/mol. The number of aromatic nitrogens is 4. The Labute approximate surface area is 292 Å². The number of furan rings is 1. The van der Waals surface area contributed by atoms with Gasteiger partial charge in [0.1, 0.15) is 11.2 Å². The Hall–Kier alpha value is -5.72. The standard InChI is InChI=1S/C44H36N4OSi/c1-44(2)36-17-8-6-14-32(36)35-24-28(20-21-37(35)44)27-12-10-13-29(22-27)41-46-42(30-23-31(26-45-25-30)50(3,4)5)48-43(47-41)34-16-11-19-39-40(34)33-15-7-9-18-38(33)49-39/h6-26H,1-5H3. The number of rotatable bonds is 5. The van der Waals surface area contributed by atoms with E-state index < -0.39 is 8.07 Å². The van der Waals surface area contributed by atoms with Crippen LogP contribution in [0, 0.1) is 0 Å². The van der Waals surface area contributed by atoms with Crippen molar-refractivity contribution in [3.8, 4) is 56.4 Å². The molecule has 9 rings (SSSR count). The van der Waals surface area contributed by atoms with E-state index >= 15 is 0 Å². The van der Waals surface area contributed by atoms with E-state index in [1.807, 2.05) is 42.7 Å². The Morgan fingerprint density at radius 1 is 0.520 bits per heavy atom. The van der Waals surface area contributed by atoms with Gasteiger partial charge in [-0.3, -0.25) is 4.98 Å². The maximum absolute atomic E-state index is 6.25. The molecule has 0 aliphatic heterocycles. The smallest absolute Gasteiger partial charge is 0.165 e. The summed E-state index contributed by atoms with van der Waals surface area (Å²) in [4.78, 5) is 20.1. The molecule has 242 valence electrons. The average Bonchev–Trinajstić information content (AvgIpc) is 3.63. The van der Waals surface area contributed by atoms with E-state index in [9.17, 15) is 0 Å². The quantitative estimate of drug-likeness (QED) is 0.171. The van der Waals surface area contributed by atoms with Gasteiger partial charge in [0, 0.05) is 45.3 Å². The fraction of sp³-hybridized carbons (Fsp3) is 0.136. The third-order valence-corrected chi connectivity index (χ3v) is 12.2. The van der Waals surface area contributed by atoms with Gasteiger partial charge in [0.05, 0.1) is 8.07 Å². The number of hydrogen-bond acceptors (Lipinski definition) is 5. The summed E-state index contributed by atoms with van der Waals surface area (Å²) in [6.45, 7) is 11.6. The van der Waals surface area contributed by atoms with Crippen LogP contribution in [0.2, 0.25) is 19.6 Å². The largest absolute Gasteiger partial charge is 0.456 e. The molecule has 50 heavy (non-hydrogen) atoms. The van der Waals surface area contributed by atoms with Gasteiger partial charge in [-0.05, 0) is 68.9 Å². The second-order valence-electron chi connectivity index (χ2n) is 14.8. The first-order valence-corrected chi connectivity index (χ1v) is 20.6. The maximum atomic E-state index is 6.25. The van der Waals surface area contributed by atoms with E-state index in [-0.39, 0.29) is 5.41 Å². The predicted octanol–water partition coefficient (Wildman–Crippen LogP) is 10.7. The van der Waals surface area contributed by atoms with Gasteiger partial charge < -0.3 is 4.42 Å². The lowest BCUT2D eigenvalue weighted by atomic mass is 9.82. The number of fused-ring (bicyclic) bond motifs is 6. The van der Waals surface area contributed by atoms with Crippen molar-refractivity contribution in [3.63, 3.8) is 0 Å². The molecule has 8 aromatic rings. The molecule has 0 spiro atoms. The van der Waals surface area contributed by atoms with Crippen LogP contribution < -0.4 is 5.19 Å². The molecule has 0 amide bonds. The molecular formula is C44H36N4OSi. The molecule has 0 unspecified atom stereocenters. The van der Waals surface area contributed by atoms with Crippen LogP contribution in [0.5, 0.6) is 0 Å². The van der Waals surface area contributed by atoms with Crippen LogP contribution >= 0.6 is 0 Å². The summed E-state index contributed by atoms with van der Waals surface area (Å²) >= 11 is 0. The number of benzene rings is 5. The number of hydrogen-bond donors (Lipinski definition) is 0. The maximum Gasteiger partial charge on any atom is 0.165 e. The van der Waals surface area contributed by atoms with Gasteiger partial charge in [-0.25, -0.2) is 15.0 Å². The minimum atomic E-state index is -1.64.